The van der Waals surface area contributed by atoms with E-state index in [1.165, 1.54) is 6.54 Å². The Bertz CT molecular complexity index is 94.1. The van der Waals surface area contributed by atoms with Gasteiger partial charge in [-0.1, -0.05) is 0 Å². The topological polar surface area (TPSA) is 3.01 Å². The van der Waals surface area contributed by atoms with Crippen molar-refractivity contribution in [2.75, 3.05) is 6.54 Å². The molecule has 2 heterocycles. The van der Waals surface area contributed by atoms with Gasteiger partial charge in [-0.25, -0.2) is 0 Å². The summed E-state index contributed by atoms with van der Waals surface area (Å²) < 4.78 is 0. The second-order valence-electron chi connectivity index (χ2n) is 2.66. The maximum absolute atomic E-state index is 2.48. The summed E-state index contributed by atoms with van der Waals surface area (Å²) in [4.78, 5) is 2.48. The summed E-state index contributed by atoms with van der Waals surface area (Å²) in [5.74, 6) is 0. The van der Waals surface area contributed by atoms with Gasteiger partial charge < -0.3 is 0 Å². The molecule has 2 aliphatic heterocycles. The van der Waals surface area contributed by atoms with E-state index in [0.29, 0.717) is 5.54 Å². The van der Waals surface area contributed by atoms with Crippen molar-refractivity contribution in [1.82, 2.24) is 4.90 Å². The van der Waals surface area contributed by atoms with Crippen LogP contribution in [-0.4, -0.2) is 23.0 Å². The quantitative estimate of drug-likeness (QED) is 0.384. The molecule has 2 rings (SSSR count). The van der Waals surface area contributed by atoms with Crippen molar-refractivity contribution in [2.45, 2.75) is 25.4 Å². The summed E-state index contributed by atoms with van der Waals surface area (Å²) in [6.45, 7) is 5.97. The van der Waals surface area contributed by atoms with E-state index in [-0.39, 0.29) is 0 Å². The molecule has 0 radical (unpaired) electrons. The van der Waals surface area contributed by atoms with Gasteiger partial charge in [0.25, 0.3) is 0 Å². The maximum Gasteiger partial charge on any atom is 0.0465 e. The van der Waals surface area contributed by atoms with Crippen LogP contribution >= 0.6 is 0 Å². The zero-order chi connectivity index (χ0) is 4.36. The van der Waals surface area contributed by atoms with Crippen molar-refractivity contribution in [2.24, 2.45) is 0 Å². The van der Waals surface area contributed by atoms with E-state index in [4.69, 9.17) is 0 Å². The van der Waals surface area contributed by atoms with Crippen molar-refractivity contribution in [1.29, 1.82) is 0 Å². The lowest BCUT2D eigenvalue weighted by atomic mass is 10.1. The molecule has 0 saturated carbocycles. The zero-order valence-corrected chi connectivity index (χ0v) is 4.23. The molecule has 2 unspecified atom stereocenters. The molecular formula is C5H9N. The molecule has 0 aliphatic carbocycles. The summed E-state index contributed by atoms with van der Waals surface area (Å²) in [7, 11) is 0. The van der Waals surface area contributed by atoms with Gasteiger partial charge in [0, 0.05) is 18.1 Å². The van der Waals surface area contributed by atoms with Crippen LogP contribution in [0.5, 0.6) is 0 Å². The standard InChI is InChI=1S/C5H9N/c1-4-5(2)3-6(4)5/h4H,3H2,1-2H3/t4?,5-,6?/m1/s1. The van der Waals surface area contributed by atoms with Crippen LogP contribution in [0.25, 0.3) is 0 Å². The molecule has 34 valence electrons. The lowest BCUT2D eigenvalue weighted by Crippen LogP contribution is -2.05. The highest BCUT2D eigenvalue weighted by Crippen LogP contribution is 2.55. The lowest BCUT2D eigenvalue weighted by Gasteiger charge is -1.90. The number of rotatable bonds is 0. The molecule has 6 heavy (non-hydrogen) atoms. The summed E-state index contributed by atoms with van der Waals surface area (Å²) in [6.07, 6.45) is 0. The third-order valence-corrected chi connectivity index (χ3v) is 2.34. The summed E-state index contributed by atoms with van der Waals surface area (Å²) in [5, 5.41) is 0. The highest BCUT2D eigenvalue weighted by Gasteiger charge is 2.71. The van der Waals surface area contributed by atoms with Gasteiger partial charge in [-0.3, -0.25) is 4.90 Å². The van der Waals surface area contributed by atoms with Crippen LogP contribution in [0.1, 0.15) is 13.8 Å². The molecule has 0 N–H and O–H groups in total. The highest BCUT2D eigenvalue weighted by molar-refractivity contribution is 5.28. The fraction of sp³-hybridized carbons (Fsp3) is 1.00. The molecule has 2 aliphatic rings. The van der Waals surface area contributed by atoms with E-state index in [1.54, 1.807) is 0 Å². The number of hydrogen-bond donors (Lipinski definition) is 0. The van der Waals surface area contributed by atoms with Crippen LogP contribution in [0, 0.1) is 0 Å². The minimum Gasteiger partial charge on any atom is -0.289 e. The third-order valence-electron chi connectivity index (χ3n) is 2.34. The highest BCUT2D eigenvalue weighted by atomic mass is 15.5. The smallest absolute Gasteiger partial charge is 0.0465 e. The summed E-state index contributed by atoms with van der Waals surface area (Å²) in [6, 6.07) is 0.928. The third kappa shape index (κ3) is 0.121. The fourth-order valence-corrected chi connectivity index (χ4v) is 1.16. The van der Waals surface area contributed by atoms with Gasteiger partial charge in [0.2, 0.25) is 0 Å². The molecule has 1 nitrogen and oxygen atoms in total. The molecule has 1 heteroatoms. The SMILES string of the molecule is CC1N2C[C@]12C. The van der Waals surface area contributed by atoms with Crippen molar-refractivity contribution in [3.8, 4) is 0 Å². The van der Waals surface area contributed by atoms with Gasteiger partial charge in [-0.15, -0.1) is 0 Å². The van der Waals surface area contributed by atoms with Crippen molar-refractivity contribution >= 4 is 0 Å². The first-order valence-electron chi connectivity index (χ1n) is 2.52. The van der Waals surface area contributed by atoms with E-state index < -0.39 is 0 Å². The number of hydrogen-bond acceptors (Lipinski definition) is 1. The largest absolute Gasteiger partial charge is 0.289 e. The molecule has 0 amide bonds. The van der Waals surface area contributed by atoms with E-state index >= 15 is 0 Å². The van der Waals surface area contributed by atoms with E-state index in [0.717, 1.165) is 6.04 Å². The number of nitrogens with zero attached hydrogens (tertiary/aromatic N) is 1. The first-order valence-corrected chi connectivity index (χ1v) is 2.52. The summed E-state index contributed by atoms with van der Waals surface area (Å²) in [5.41, 5.74) is 0.708. The zero-order valence-electron chi connectivity index (χ0n) is 4.23. The molecule has 0 aromatic carbocycles. The average molecular weight is 83.1 g/mol. The monoisotopic (exact) mass is 83.1 g/mol. The Morgan fingerprint density at radius 3 is 2.17 bits per heavy atom. The Hall–Kier alpha value is -0.0400. The number of fused-ring (bicyclic) bond motifs is 1. The van der Waals surface area contributed by atoms with Gasteiger partial charge in [-0.2, -0.15) is 0 Å². The molecule has 2 fully saturated rings. The Labute approximate surface area is 37.9 Å². The minimum atomic E-state index is 0.708. The van der Waals surface area contributed by atoms with Gasteiger partial charge in [0.15, 0.2) is 0 Å². The van der Waals surface area contributed by atoms with Crippen LogP contribution in [0.15, 0.2) is 0 Å². The second-order valence-corrected chi connectivity index (χ2v) is 2.66. The second kappa shape index (κ2) is 0.463. The van der Waals surface area contributed by atoms with Gasteiger partial charge in [-0.05, 0) is 13.8 Å². The van der Waals surface area contributed by atoms with Crippen LogP contribution in [-0.2, 0) is 0 Å². The first kappa shape index (κ1) is 3.03. The fourth-order valence-electron chi connectivity index (χ4n) is 1.16. The van der Waals surface area contributed by atoms with E-state index in [1.807, 2.05) is 0 Å². The first-order chi connectivity index (χ1) is 2.75. The minimum absolute atomic E-state index is 0.708. The van der Waals surface area contributed by atoms with Gasteiger partial charge in [0.05, 0.1) is 0 Å². The molecule has 0 aromatic rings. The molecule has 3 atom stereocenters. The van der Waals surface area contributed by atoms with Crippen LogP contribution in [0.2, 0.25) is 0 Å². The molecule has 0 aromatic heterocycles. The van der Waals surface area contributed by atoms with Crippen molar-refractivity contribution in [3.05, 3.63) is 0 Å². The van der Waals surface area contributed by atoms with Crippen LogP contribution in [0.4, 0.5) is 0 Å². The van der Waals surface area contributed by atoms with Gasteiger partial charge >= 0.3 is 0 Å². The summed E-state index contributed by atoms with van der Waals surface area (Å²) >= 11 is 0. The predicted molar refractivity (Wildman–Crippen MR) is 24.6 cm³/mol. The molecule has 0 spiro atoms. The Balaban J connectivity index is 2.23. The molecule has 2 saturated heterocycles. The van der Waals surface area contributed by atoms with Crippen LogP contribution < -0.4 is 0 Å². The van der Waals surface area contributed by atoms with E-state index in [2.05, 4.69) is 18.7 Å². The predicted octanol–water partition coefficient (Wildman–Crippen LogP) is 0.463. The maximum atomic E-state index is 2.48. The van der Waals surface area contributed by atoms with Crippen molar-refractivity contribution < 1.29 is 0 Å². The lowest BCUT2D eigenvalue weighted by molar-refractivity contribution is 0.662. The van der Waals surface area contributed by atoms with Crippen LogP contribution in [0.3, 0.4) is 0 Å². The molecule has 0 bridgehead atoms. The van der Waals surface area contributed by atoms with Crippen molar-refractivity contribution in [3.63, 3.8) is 0 Å². The normalized spacial score (nSPS) is 73.0. The van der Waals surface area contributed by atoms with Gasteiger partial charge in [0.1, 0.15) is 0 Å². The van der Waals surface area contributed by atoms with E-state index in [9.17, 15) is 0 Å². The average Bonchev–Trinajstić information content (AvgIpc) is 2.24. The Morgan fingerprint density at radius 2 is 2.17 bits per heavy atom. The molecular weight excluding hydrogens is 74.1 g/mol. The Morgan fingerprint density at radius 1 is 1.83 bits per heavy atom. The Kier molecular flexibility index (Phi) is 0.234.